The van der Waals surface area contributed by atoms with E-state index in [-0.39, 0.29) is 74.6 Å². The van der Waals surface area contributed by atoms with Gasteiger partial charge in [-0.2, -0.15) is 0 Å². The summed E-state index contributed by atoms with van der Waals surface area (Å²) in [5, 5.41) is 15.2. The molecule has 0 bridgehead atoms. The maximum absolute atomic E-state index is 12.6. The average molecular weight is 480 g/mol. The van der Waals surface area contributed by atoms with Gasteiger partial charge in [0.15, 0.2) is 0 Å². The van der Waals surface area contributed by atoms with Gasteiger partial charge in [0.05, 0.1) is 5.52 Å². The molecule has 0 aliphatic rings. The Morgan fingerprint density at radius 1 is 0.714 bits per heavy atom. The predicted molar refractivity (Wildman–Crippen MR) is 107 cm³/mol. The molecule has 0 atom stereocenters. The smallest absolute Gasteiger partial charge is 0.872 e. The van der Waals surface area contributed by atoms with Crippen LogP contribution in [0.25, 0.3) is 43.9 Å². The molecule has 0 fully saturated rings. The fraction of sp³-hybridized carbons (Fsp3) is 0. The molecule has 0 N–H and O–H groups in total. The number of fused-ring (bicyclic) bond motifs is 3. The van der Waals surface area contributed by atoms with Crippen LogP contribution in [0.2, 0.25) is 0 Å². The number of nitrogens with zero attached hydrogens (tertiary/aromatic N) is 2. The van der Waals surface area contributed by atoms with Crippen LogP contribution in [-0.2, 0) is 0 Å². The van der Waals surface area contributed by atoms with Crippen molar-refractivity contribution < 1.29 is 74.0 Å². The van der Waals surface area contributed by atoms with Crippen molar-refractivity contribution in [2.24, 2.45) is 0 Å². The Labute approximate surface area is 221 Å². The summed E-state index contributed by atoms with van der Waals surface area (Å²) in [4.78, 5) is 8.67. The van der Waals surface area contributed by atoms with Crippen LogP contribution in [0.1, 0.15) is 0 Å². The molecule has 0 amide bonds. The number of hydrogen-bond donors (Lipinski definition) is 0. The van der Waals surface area contributed by atoms with Gasteiger partial charge in [0.1, 0.15) is 0 Å². The van der Waals surface area contributed by atoms with Gasteiger partial charge < -0.3 is 5.11 Å². The van der Waals surface area contributed by atoms with Gasteiger partial charge in [-0.05, 0) is 40.3 Å². The van der Waals surface area contributed by atoms with Gasteiger partial charge in [-0.3, -0.25) is 9.97 Å². The van der Waals surface area contributed by atoms with Crippen molar-refractivity contribution in [1.82, 2.24) is 9.97 Å². The minimum Gasteiger partial charge on any atom is -0.872 e. The first-order valence-corrected chi connectivity index (χ1v) is 8.79. The van der Waals surface area contributed by atoms with Gasteiger partial charge in [-0.15, -0.1) is 0 Å². The van der Waals surface area contributed by atoms with Crippen molar-refractivity contribution in [3.8, 4) is 28.0 Å². The number of rotatable bonds is 2. The molecule has 3 aromatic carbocycles. The summed E-state index contributed by atoms with van der Waals surface area (Å²) in [6.45, 7) is 0. The third kappa shape index (κ3) is 3.52. The van der Waals surface area contributed by atoms with E-state index in [0.29, 0.717) is 5.39 Å². The number of pyridine rings is 2. The van der Waals surface area contributed by atoms with Gasteiger partial charge in [-0.25, -0.2) is 0 Å². The fourth-order valence-corrected chi connectivity index (χ4v) is 3.60. The van der Waals surface area contributed by atoms with Crippen LogP contribution in [0.4, 0.5) is 0 Å². The van der Waals surface area contributed by atoms with E-state index in [0.717, 1.165) is 38.5 Å². The van der Waals surface area contributed by atoms with Gasteiger partial charge in [0.2, 0.25) is 0 Å². The maximum atomic E-state index is 12.6. The van der Waals surface area contributed by atoms with Crippen molar-refractivity contribution in [1.29, 1.82) is 0 Å². The summed E-state index contributed by atoms with van der Waals surface area (Å²) in [5.41, 5.74) is 5.01. The Morgan fingerprint density at radius 3 is 2.39 bits per heavy atom. The van der Waals surface area contributed by atoms with Crippen LogP contribution in [-0.4, -0.2) is 9.97 Å². The molecule has 2 heterocycles. The number of benzene rings is 3. The molecule has 128 valence electrons. The Bertz CT molecular complexity index is 1290. The van der Waals surface area contributed by atoms with E-state index in [1.54, 1.807) is 18.5 Å². The zero-order valence-corrected chi connectivity index (χ0v) is 21.7. The molecule has 4 heteroatoms. The first-order chi connectivity index (χ1) is 13.3. The minimum absolute atomic E-state index is 0. The molecule has 2 aromatic heterocycles. The topological polar surface area (TPSA) is 48.8 Å². The first-order valence-electron chi connectivity index (χ1n) is 8.79. The maximum Gasteiger partial charge on any atom is 1.00 e. The van der Waals surface area contributed by atoms with E-state index in [1.807, 2.05) is 54.7 Å². The van der Waals surface area contributed by atoms with Gasteiger partial charge in [0, 0.05) is 34.9 Å². The summed E-state index contributed by atoms with van der Waals surface area (Å²) in [6, 6.07) is 23.8. The zero-order chi connectivity index (χ0) is 18.2. The fourth-order valence-electron chi connectivity index (χ4n) is 3.60. The SMILES string of the molecule is [Cs+].[O-]c1ccc(-c2cccc(-c3cccnc3)c2)c2ccc3cccnc3c12. The molecular weight excluding hydrogens is 465 g/mol. The zero-order valence-electron chi connectivity index (χ0n) is 15.5. The molecule has 0 aliphatic heterocycles. The van der Waals surface area contributed by atoms with E-state index >= 15 is 0 Å². The van der Waals surface area contributed by atoms with E-state index < -0.39 is 0 Å². The molecule has 5 rings (SSSR count). The largest absolute Gasteiger partial charge is 1.00 e. The molecule has 0 saturated carbocycles. The van der Waals surface area contributed by atoms with Crippen LogP contribution in [0.15, 0.2) is 91.4 Å². The normalized spacial score (nSPS) is 10.7. The van der Waals surface area contributed by atoms with Crippen molar-refractivity contribution >= 4 is 21.7 Å². The molecular formula is C24H15CsN2O. The van der Waals surface area contributed by atoms with E-state index in [4.69, 9.17) is 0 Å². The monoisotopic (exact) mass is 480 g/mol. The molecule has 0 radical (unpaired) electrons. The average Bonchev–Trinajstić information content (AvgIpc) is 2.74. The Kier molecular flexibility index (Phi) is 5.87. The second kappa shape index (κ2) is 8.37. The van der Waals surface area contributed by atoms with Crippen molar-refractivity contribution in [3.63, 3.8) is 0 Å². The molecule has 3 nitrogen and oxygen atoms in total. The van der Waals surface area contributed by atoms with Crippen molar-refractivity contribution in [2.75, 3.05) is 0 Å². The quantitative estimate of drug-likeness (QED) is 0.364. The summed E-state index contributed by atoms with van der Waals surface area (Å²) in [7, 11) is 0. The van der Waals surface area contributed by atoms with Gasteiger partial charge in [-0.1, -0.05) is 60.3 Å². The van der Waals surface area contributed by atoms with Crippen molar-refractivity contribution in [2.45, 2.75) is 0 Å². The third-order valence-electron chi connectivity index (χ3n) is 4.88. The third-order valence-corrected chi connectivity index (χ3v) is 4.88. The van der Waals surface area contributed by atoms with Crippen LogP contribution < -0.4 is 74.0 Å². The molecule has 0 saturated heterocycles. The molecule has 0 spiro atoms. The predicted octanol–water partition coefficient (Wildman–Crippen LogP) is 2.19. The second-order valence-electron chi connectivity index (χ2n) is 6.50. The van der Waals surface area contributed by atoms with Crippen LogP contribution in [0.3, 0.4) is 0 Å². The molecule has 0 aliphatic carbocycles. The van der Waals surface area contributed by atoms with Crippen LogP contribution >= 0.6 is 0 Å². The number of aromatic nitrogens is 2. The van der Waals surface area contributed by atoms with Crippen molar-refractivity contribution in [3.05, 3.63) is 91.4 Å². The van der Waals surface area contributed by atoms with Crippen LogP contribution in [0.5, 0.6) is 5.75 Å². The Hall–Kier alpha value is -1.67. The molecule has 0 unspecified atom stereocenters. The summed E-state index contributed by atoms with van der Waals surface area (Å²) in [6.07, 6.45) is 5.36. The van der Waals surface area contributed by atoms with Gasteiger partial charge >= 0.3 is 68.9 Å². The second-order valence-corrected chi connectivity index (χ2v) is 6.50. The van der Waals surface area contributed by atoms with E-state index in [9.17, 15) is 5.11 Å². The Morgan fingerprint density at radius 2 is 1.54 bits per heavy atom. The minimum atomic E-state index is 0. The van der Waals surface area contributed by atoms with Crippen LogP contribution in [0, 0.1) is 0 Å². The summed E-state index contributed by atoms with van der Waals surface area (Å²) < 4.78 is 0. The molecule has 5 aromatic rings. The van der Waals surface area contributed by atoms with E-state index in [1.165, 1.54) is 0 Å². The van der Waals surface area contributed by atoms with E-state index in [2.05, 4.69) is 28.2 Å². The first kappa shape index (κ1) is 19.6. The summed E-state index contributed by atoms with van der Waals surface area (Å²) >= 11 is 0. The molecule has 28 heavy (non-hydrogen) atoms. The van der Waals surface area contributed by atoms with Gasteiger partial charge in [0.25, 0.3) is 0 Å². The number of hydrogen-bond acceptors (Lipinski definition) is 3. The Balaban J connectivity index is 0.00000192. The summed E-state index contributed by atoms with van der Waals surface area (Å²) in [5.74, 6) is 0.00136. The standard InChI is InChI=1S/C24H16N2O.Cs/c27-22-11-10-20(21-9-8-16-6-3-13-26-24(16)23(21)22)18-5-1-4-17(14-18)19-7-2-12-25-15-19;/h1-15,27H;/q;+1/p-1.